The summed E-state index contributed by atoms with van der Waals surface area (Å²) in [6.45, 7) is 9.67. The second-order valence-electron chi connectivity index (χ2n) is 6.34. The number of aromatic nitrogens is 2. The summed E-state index contributed by atoms with van der Waals surface area (Å²) in [5.41, 5.74) is 2.65. The lowest BCUT2D eigenvalue weighted by Crippen LogP contribution is -2.33. The molecule has 0 fully saturated rings. The minimum atomic E-state index is -0.324. The third-order valence-corrected chi connectivity index (χ3v) is 4.00. The lowest BCUT2D eigenvalue weighted by molar-refractivity contribution is -0.116. The summed E-state index contributed by atoms with van der Waals surface area (Å²) in [7, 11) is 0. The van der Waals surface area contributed by atoms with Crippen LogP contribution in [0, 0.1) is 6.92 Å². The summed E-state index contributed by atoms with van der Waals surface area (Å²) >= 11 is 0. The van der Waals surface area contributed by atoms with Crippen LogP contribution in [0.4, 0.5) is 5.82 Å². The fourth-order valence-electron chi connectivity index (χ4n) is 2.74. The minimum Gasteiger partial charge on any atom is -0.309 e. The van der Waals surface area contributed by atoms with Crippen molar-refractivity contribution >= 4 is 23.3 Å². The van der Waals surface area contributed by atoms with Crippen LogP contribution in [0.2, 0.25) is 0 Å². The van der Waals surface area contributed by atoms with Crippen molar-refractivity contribution in [1.29, 1.82) is 0 Å². The van der Waals surface area contributed by atoms with Crippen LogP contribution in [0.3, 0.4) is 0 Å². The third kappa shape index (κ3) is 3.28. The zero-order valence-corrected chi connectivity index (χ0v) is 14.5. The van der Waals surface area contributed by atoms with Gasteiger partial charge in [0.2, 0.25) is 5.91 Å². The van der Waals surface area contributed by atoms with Crippen LogP contribution in [0.15, 0.2) is 36.9 Å². The number of nitrogens with zero attached hydrogens (tertiary/aromatic N) is 3. The van der Waals surface area contributed by atoms with Gasteiger partial charge in [0.25, 0.3) is 5.91 Å². The maximum atomic E-state index is 12.5. The van der Waals surface area contributed by atoms with Crippen LogP contribution in [0.1, 0.15) is 47.2 Å². The molecular weight excluding hydrogens is 316 g/mol. The predicted octanol–water partition coefficient (Wildman–Crippen LogP) is 2.97. The number of carbonyl (C=O) groups is 2. The first kappa shape index (κ1) is 16.8. The molecule has 2 amide bonds. The maximum Gasteiger partial charge on any atom is 0.259 e. The molecule has 1 aromatic heterocycles. The Labute approximate surface area is 146 Å². The van der Waals surface area contributed by atoms with Crippen molar-refractivity contribution in [3.05, 3.63) is 59.6 Å². The number of hydrogen-bond acceptors (Lipinski definition) is 4. The largest absolute Gasteiger partial charge is 0.309 e. The Morgan fingerprint density at radius 1 is 1.24 bits per heavy atom. The maximum absolute atomic E-state index is 12.5. The SMILES string of the molecule is C=C1c2ccccc2C(=O)N1CC(=O)Nc1cc(C)nc(C(C)C)n1. The average Bonchev–Trinajstić information content (AvgIpc) is 2.79. The van der Waals surface area contributed by atoms with Crippen LogP contribution in [0.25, 0.3) is 5.70 Å². The molecule has 0 saturated carbocycles. The number of carbonyl (C=O) groups excluding carboxylic acids is 2. The Morgan fingerprint density at radius 3 is 2.56 bits per heavy atom. The van der Waals surface area contributed by atoms with Gasteiger partial charge in [-0.3, -0.25) is 14.5 Å². The van der Waals surface area contributed by atoms with E-state index < -0.39 is 0 Å². The van der Waals surface area contributed by atoms with Gasteiger partial charge in [0.05, 0.1) is 0 Å². The van der Waals surface area contributed by atoms with E-state index in [2.05, 4.69) is 21.9 Å². The van der Waals surface area contributed by atoms with Gasteiger partial charge < -0.3 is 5.32 Å². The molecule has 1 aliphatic heterocycles. The lowest BCUT2D eigenvalue weighted by Gasteiger charge is -2.17. The van der Waals surface area contributed by atoms with Gasteiger partial charge in [-0.25, -0.2) is 9.97 Å². The first-order chi connectivity index (χ1) is 11.9. The number of rotatable bonds is 4. The van der Waals surface area contributed by atoms with Gasteiger partial charge in [0, 0.05) is 34.5 Å². The molecule has 2 aromatic rings. The number of anilines is 1. The molecule has 0 unspecified atom stereocenters. The van der Waals surface area contributed by atoms with Crippen molar-refractivity contribution in [1.82, 2.24) is 14.9 Å². The van der Waals surface area contributed by atoms with Gasteiger partial charge >= 0.3 is 0 Å². The zero-order valence-electron chi connectivity index (χ0n) is 14.5. The fourth-order valence-corrected chi connectivity index (χ4v) is 2.74. The van der Waals surface area contributed by atoms with Crippen molar-refractivity contribution in [2.75, 3.05) is 11.9 Å². The summed E-state index contributed by atoms with van der Waals surface area (Å²) in [6.07, 6.45) is 0. The second kappa shape index (κ2) is 6.47. The van der Waals surface area contributed by atoms with Gasteiger partial charge in [0.15, 0.2) is 0 Å². The Balaban J connectivity index is 1.74. The molecule has 0 spiro atoms. The van der Waals surface area contributed by atoms with Crippen molar-refractivity contribution in [3.8, 4) is 0 Å². The quantitative estimate of drug-likeness (QED) is 0.931. The van der Waals surface area contributed by atoms with E-state index in [1.54, 1.807) is 18.2 Å². The van der Waals surface area contributed by atoms with E-state index in [1.165, 1.54) is 4.90 Å². The molecule has 6 nitrogen and oxygen atoms in total. The van der Waals surface area contributed by atoms with Gasteiger partial charge in [-0.2, -0.15) is 0 Å². The molecule has 1 aromatic carbocycles. The molecule has 0 atom stereocenters. The van der Waals surface area contributed by atoms with Crippen LogP contribution in [0.5, 0.6) is 0 Å². The topological polar surface area (TPSA) is 75.2 Å². The number of aryl methyl sites for hydroxylation is 1. The second-order valence-corrected chi connectivity index (χ2v) is 6.34. The van der Waals surface area contributed by atoms with E-state index in [0.29, 0.717) is 22.9 Å². The normalized spacial score (nSPS) is 13.4. The average molecular weight is 336 g/mol. The van der Waals surface area contributed by atoms with Crippen LogP contribution >= 0.6 is 0 Å². The Kier molecular flexibility index (Phi) is 4.35. The lowest BCUT2D eigenvalue weighted by atomic mass is 10.1. The van der Waals surface area contributed by atoms with E-state index in [-0.39, 0.29) is 24.3 Å². The van der Waals surface area contributed by atoms with E-state index >= 15 is 0 Å². The molecule has 0 saturated heterocycles. The zero-order chi connectivity index (χ0) is 18.1. The van der Waals surface area contributed by atoms with E-state index in [1.807, 2.05) is 32.9 Å². The molecule has 25 heavy (non-hydrogen) atoms. The summed E-state index contributed by atoms with van der Waals surface area (Å²) in [4.78, 5) is 34.9. The summed E-state index contributed by atoms with van der Waals surface area (Å²) in [6, 6.07) is 8.92. The third-order valence-electron chi connectivity index (χ3n) is 4.00. The van der Waals surface area contributed by atoms with Gasteiger partial charge in [-0.15, -0.1) is 0 Å². The standard InChI is InChI=1S/C19H20N4O2/c1-11(2)18-20-12(3)9-16(22-18)21-17(24)10-23-13(4)14-7-5-6-8-15(14)19(23)25/h5-9,11H,4,10H2,1-3H3,(H,20,21,22,24). The highest BCUT2D eigenvalue weighted by Gasteiger charge is 2.31. The molecule has 0 bridgehead atoms. The highest BCUT2D eigenvalue weighted by Crippen LogP contribution is 2.30. The summed E-state index contributed by atoms with van der Waals surface area (Å²) < 4.78 is 0. The fraction of sp³-hybridized carbons (Fsp3) is 0.263. The Morgan fingerprint density at radius 2 is 1.92 bits per heavy atom. The minimum absolute atomic E-state index is 0.105. The molecule has 128 valence electrons. The highest BCUT2D eigenvalue weighted by molar-refractivity contribution is 6.11. The number of fused-ring (bicyclic) bond motifs is 1. The number of amides is 2. The smallest absolute Gasteiger partial charge is 0.259 e. The molecule has 0 aliphatic carbocycles. The number of benzene rings is 1. The van der Waals surface area contributed by atoms with Crippen molar-refractivity contribution in [2.24, 2.45) is 0 Å². The molecule has 2 heterocycles. The van der Waals surface area contributed by atoms with Gasteiger partial charge in [0.1, 0.15) is 18.2 Å². The number of nitrogens with one attached hydrogen (secondary N) is 1. The van der Waals surface area contributed by atoms with Crippen LogP contribution in [-0.2, 0) is 4.79 Å². The van der Waals surface area contributed by atoms with E-state index in [9.17, 15) is 9.59 Å². The van der Waals surface area contributed by atoms with Crippen molar-refractivity contribution in [3.63, 3.8) is 0 Å². The summed E-state index contributed by atoms with van der Waals surface area (Å²) in [5.74, 6) is 0.734. The highest BCUT2D eigenvalue weighted by atomic mass is 16.2. The molecule has 0 radical (unpaired) electrons. The predicted molar refractivity (Wildman–Crippen MR) is 96.0 cm³/mol. The first-order valence-electron chi connectivity index (χ1n) is 8.12. The van der Waals surface area contributed by atoms with Crippen molar-refractivity contribution in [2.45, 2.75) is 26.7 Å². The molecule has 1 aliphatic rings. The van der Waals surface area contributed by atoms with Crippen LogP contribution in [-0.4, -0.2) is 33.2 Å². The van der Waals surface area contributed by atoms with Gasteiger partial charge in [-0.05, 0) is 13.0 Å². The summed E-state index contributed by atoms with van der Waals surface area (Å²) in [5, 5.41) is 2.75. The molecule has 3 rings (SSSR count). The Hall–Kier alpha value is -3.02. The molecule has 6 heteroatoms. The van der Waals surface area contributed by atoms with Crippen LogP contribution < -0.4 is 5.32 Å². The Bertz CT molecular complexity index is 838. The first-order valence-corrected chi connectivity index (χ1v) is 8.12. The van der Waals surface area contributed by atoms with Crippen molar-refractivity contribution < 1.29 is 9.59 Å². The number of hydrogen-bond donors (Lipinski definition) is 1. The van der Waals surface area contributed by atoms with Gasteiger partial charge in [-0.1, -0.05) is 38.6 Å². The monoisotopic (exact) mass is 336 g/mol. The molecule has 1 N–H and O–H groups in total. The van der Waals surface area contributed by atoms with E-state index in [4.69, 9.17) is 0 Å². The van der Waals surface area contributed by atoms with E-state index in [0.717, 1.165) is 11.3 Å². The molecular formula is C19H20N4O2.